The number of hydrogen-bond acceptors (Lipinski definition) is 1. The van der Waals surface area contributed by atoms with Gasteiger partial charge in [-0.3, -0.25) is 0 Å². The maximum atomic E-state index is 3.42. The molecule has 2 nitrogen and oxygen atoms in total. The summed E-state index contributed by atoms with van der Waals surface area (Å²) in [5, 5.41) is 4.79. The van der Waals surface area contributed by atoms with Crippen molar-refractivity contribution in [2.45, 2.75) is 25.9 Å². The molecule has 110 valence electrons. The highest BCUT2D eigenvalue weighted by atomic mass is 15.0. The first kappa shape index (κ1) is 13.2. The Balaban J connectivity index is 1.79. The van der Waals surface area contributed by atoms with Gasteiger partial charge in [-0.2, -0.15) is 0 Å². The molecule has 0 saturated heterocycles. The van der Waals surface area contributed by atoms with Gasteiger partial charge in [0.1, 0.15) is 0 Å². The molecule has 2 heteroatoms. The van der Waals surface area contributed by atoms with Crippen LogP contribution < -0.4 is 5.32 Å². The minimum absolute atomic E-state index is 0.364. The topological polar surface area (TPSA) is 17.0 Å². The van der Waals surface area contributed by atoms with Gasteiger partial charge < -0.3 is 9.88 Å². The third kappa shape index (κ3) is 2.12. The Morgan fingerprint density at radius 2 is 1.77 bits per heavy atom. The van der Waals surface area contributed by atoms with E-state index in [1.165, 1.54) is 27.7 Å². The van der Waals surface area contributed by atoms with E-state index >= 15 is 0 Å². The molecule has 1 aromatic heterocycles. The number of nitrogens with zero attached hydrogens (tertiary/aromatic N) is 1. The van der Waals surface area contributed by atoms with Gasteiger partial charge in [0.2, 0.25) is 0 Å². The maximum absolute atomic E-state index is 3.42. The second-order valence-electron chi connectivity index (χ2n) is 5.92. The zero-order chi connectivity index (χ0) is 14.9. The lowest BCUT2D eigenvalue weighted by Crippen LogP contribution is -2.17. The fourth-order valence-electron chi connectivity index (χ4n) is 3.47. The standard InChI is InChI=1S/C20H20N2/c1-15-20-17-9-5-6-10-18(17)22(19(20)11-13-21-15)14-12-16-7-3-2-4-8-16/h2-11,13,15,21H,12,14H2,1H3. The van der Waals surface area contributed by atoms with Crippen molar-refractivity contribution >= 4 is 17.0 Å². The quantitative estimate of drug-likeness (QED) is 0.750. The van der Waals surface area contributed by atoms with Gasteiger partial charge in [0, 0.05) is 28.7 Å². The molecule has 3 aromatic rings. The summed E-state index contributed by atoms with van der Waals surface area (Å²) in [6, 6.07) is 19.8. The van der Waals surface area contributed by atoms with Crippen LogP contribution in [0.3, 0.4) is 0 Å². The fourth-order valence-corrected chi connectivity index (χ4v) is 3.47. The average Bonchev–Trinajstić information content (AvgIpc) is 2.89. The molecule has 0 fully saturated rings. The van der Waals surface area contributed by atoms with E-state index in [0.717, 1.165) is 13.0 Å². The van der Waals surface area contributed by atoms with Crippen molar-refractivity contribution in [1.82, 2.24) is 9.88 Å². The normalized spacial score (nSPS) is 16.5. The highest BCUT2D eigenvalue weighted by molar-refractivity contribution is 5.89. The maximum Gasteiger partial charge on any atom is 0.0507 e. The van der Waals surface area contributed by atoms with Crippen LogP contribution >= 0.6 is 0 Å². The smallest absolute Gasteiger partial charge is 0.0507 e. The van der Waals surface area contributed by atoms with Crippen LogP contribution in [0.5, 0.6) is 0 Å². The van der Waals surface area contributed by atoms with Crippen molar-refractivity contribution in [2.24, 2.45) is 0 Å². The Hall–Kier alpha value is -2.48. The van der Waals surface area contributed by atoms with E-state index in [-0.39, 0.29) is 0 Å². The molecule has 0 amide bonds. The lowest BCUT2D eigenvalue weighted by atomic mass is 10.0. The zero-order valence-electron chi connectivity index (χ0n) is 12.8. The van der Waals surface area contributed by atoms with E-state index < -0.39 is 0 Å². The monoisotopic (exact) mass is 288 g/mol. The van der Waals surface area contributed by atoms with E-state index in [1.54, 1.807) is 0 Å². The first-order valence-electron chi connectivity index (χ1n) is 7.92. The number of benzene rings is 2. The minimum atomic E-state index is 0.364. The molecule has 2 aromatic carbocycles. The molecule has 0 bridgehead atoms. The van der Waals surface area contributed by atoms with Gasteiger partial charge in [-0.1, -0.05) is 48.5 Å². The SMILES string of the molecule is CC1NC=Cc2c1c1ccccc1n2CCc1ccccc1. The van der Waals surface area contributed by atoms with Crippen LogP contribution in [-0.4, -0.2) is 4.57 Å². The number of hydrogen-bond donors (Lipinski definition) is 1. The summed E-state index contributed by atoms with van der Waals surface area (Å²) in [7, 11) is 0. The minimum Gasteiger partial charge on any atom is -0.384 e. The lowest BCUT2D eigenvalue weighted by molar-refractivity contribution is 0.658. The number of nitrogens with one attached hydrogen (secondary N) is 1. The Labute approximate surface area is 131 Å². The Morgan fingerprint density at radius 3 is 2.64 bits per heavy atom. The van der Waals surface area contributed by atoms with Crippen LogP contribution in [-0.2, 0) is 13.0 Å². The summed E-state index contributed by atoms with van der Waals surface area (Å²) in [5.41, 5.74) is 5.50. The van der Waals surface area contributed by atoms with E-state index in [9.17, 15) is 0 Å². The molecular weight excluding hydrogens is 268 g/mol. The van der Waals surface area contributed by atoms with Crippen molar-refractivity contribution in [3.8, 4) is 0 Å². The average molecular weight is 288 g/mol. The summed E-state index contributed by atoms with van der Waals surface area (Å²) in [4.78, 5) is 0. The van der Waals surface area contributed by atoms with Crippen molar-refractivity contribution in [3.63, 3.8) is 0 Å². The molecule has 2 heterocycles. The largest absolute Gasteiger partial charge is 0.384 e. The van der Waals surface area contributed by atoms with Gasteiger partial charge >= 0.3 is 0 Å². The molecule has 1 atom stereocenters. The molecule has 22 heavy (non-hydrogen) atoms. The Bertz CT molecular complexity index is 828. The molecule has 1 unspecified atom stereocenters. The number of aryl methyl sites for hydroxylation is 2. The second-order valence-corrected chi connectivity index (χ2v) is 5.92. The summed E-state index contributed by atoms with van der Waals surface area (Å²) in [6.07, 6.45) is 5.34. The second kappa shape index (κ2) is 5.38. The molecular formula is C20H20N2. The predicted octanol–water partition coefficient (Wildman–Crippen LogP) is 4.52. The predicted molar refractivity (Wildman–Crippen MR) is 92.7 cm³/mol. The van der Waals surface area contributed by atoms with E-state index in [1.807, 2.05) is 0 Å². The van der Waals surface area contributed by atoms with Gasteiger partial charge in [-0.15, -0.1) is 0 Å². The van der Waals surface area contributed by atoms with E-state index in [0.29, 0.717) is 6.04 Å². The molecule has 0 radical (unpaired) electrons. The number of aromatic nitrogens is 1. The van der Waals surface area contributed by atoms with Gasteiger partial charge in [0.25, 0.3) is 0 Å². The third-order valence-electron chi connectivity index (χ3n) is 4.54. The Morgan fingerprint density at radius 1 is 1.00 bits per heavy atom. The van der Waals surface area contributed by atoms with Gasteiger partial charge in [-0.05, 0) is 37.3 Å². The van der Waals surface area contributed by atoms with Gasteiger partial charge in [-0.25, -0.2) is 0 Å². The number of rotatable bonds is 3. The molecule has 1 aliphatic heterocycles. The van der Waals surface area contributed by atoms with Crippen LogP contribution in [0.4, 0.5) is 0 Å². The van der Waals surface area contributed by atoms with Crippen LogP contribution in [0.15, 0.2) is 60.8 Å². The molecule has 1 aliphatic rings. The Kier molecular flexibility index (Phi) is 3.23. The van der Waals surface area contributed by atoms with E-state index in [2.05, 4.69) is 83.7 Å². The van der Waals surface area contributed by atoms with Crippen molar-refractivity contribution in [1.29, 1.82) is 0 Å². The van der Waals surface area contributed by atoms with Crippen LogP contribution in [0.2, 0.25) is 0 Å². The molecule has 1 N–H and O–H groups in total. The van der Waals surface area contributed by atoms with E-state index in [4.69, 9.17) is 0 Å². The summed E-state index contributed by atoms with van der Waals surface area (Å²) >= 11 is 0. The van der Waals surface area contributed by atoms with Gasteiger partial charge in [0.05, 0.1) is 6.04 Å². The molecule has 4 rings (SSSR count). The summed E-state index contributed by atoms with van der Waals surface area (Å²) in [6.45, 7) is 3.24. The number of fused-ring (bicyclic) bond motifs is 3. The van der Waals surface area contributed by atoms with Crippen molar-refractivity contribution < 1.29 is 0 Å². The molecule has 0 aliphatic carbocycles. The summed E-state index contributed by atoms with van der Waals surface area (Å²) < 4.78 is 2.46. The molecule has 0 spiro atoms. The summed E-state index contributed by atoms with van der Waals surface area (Å²) in [5.74, 6) is 0. The van der Waals surface area contributed by atoms with Crippen molar-refractivity contribution in [3.05, 3.63) is 77.6 Å². The highest BCUT2D eigenvalue weighted by Gasteiger charge is 2.21. The van der Waals surface area contributed by atoms with Crippen LogP contribution in [0, 0.1) is 0 Å². The first-order valence-corrected chi connectivity index (χ1v) is 7.92. The first-order chi connectivity index (χ1) is 10.8. The fraction of sp³-hybridized carbons (Fsp3) is 0.200. The van der Waals surface area contributed by atoms with Crippen LogP contribution in [0.25, 0.3) is 17.0 Å². The third-order valence-corrected chi connectivity index (χ3v) is 4.54. The lowest BCUT2D eigenvalue weighted by Gasteiger charge is -2.18. The zero-order valence-corrected chi connectivity index (χ0v) is 12.8. The highest BCUT2D eigenvalue weighted by Crippen LogP contribution is 2.34. The number of para-hydroxylation sites is 1. The van der Waals surface area contributed by atoms with Crippen LogP contribution in [0.1, 0.15) is 29.8 Å². The van der Waals surface area contributed by atoms with Crippen molar-refractivity contribution in [2.75, 3.05) is 0 Å². The van der Waals surface area contributed by atoms with Gasteiger partial charge in [0.15, 0.2) is 0 Å². The molecule has 0 saturated carbocycles.